The van der Waals surface area contributed by atoms with E-state index in [0.29, 0.717) is 0 Å². The lowest BCUT2D eigenvalue weighted by Crippen LogP contribution is -2.23. The van der Waals surface area contributed by atoms with Gasteiger partial charge in [0.15, 0.2) is 0 Å². The van der Waals surface area contributed by atoms with Gasteiger partial charge in [0.05, 0.1) is 12.5 Å². The molecule has 3 aromatic rings. The molecular formula is C18H21N3OS. The number of aryl methyl sites for hydroxylation is 1. The Hall–Kier alpha value is -2.14. The van der Waals surface area contributed by atoms with E-state index in [4.69, 9.17) is 9.72 Å². The van der Waals surface area contributed by atoms with Crippen LogP contribution in [0.1, 0.15) is 19.7 Å². The normalized spacial score (nSPS) is 11.0. The summed E-state index contributed by atoms with van der Waals surface area (Å²) in [6.45, 7) is 8.14. The van der Waals surface area contributed by atoms with E-state index >= 15 is 0 Å². The summed E-state index contributed by atoms with van der Waals surface area (Å²) in [4.78, 5) is 12.7. The molecule has 0 aliphatic rings. The molecule has 120 valence electrons. The molecule has 0 atom stereocenters. The molecule has 2 aromatic heterocycles. The highest BCUT2D eigenvalue weighted by Crippen LogP contribution is 2.38. The van der Waals surface area contributed by atoms with Crippen LogP contribution in [0.2, 0.25) is 0 Å². The standard InChI is InChI=1S/C18H21N3OS/c1-5-21(6-2)17-16-15(11-23-18(16)20-12(3)19-17)13-7-9-14(22-4)10-8-13/h7-11H,5-6H2,1-4H3. The summed E-state index contributed by atoms with van der Waals surface area (Å²) < 4.78 is 5.26. The number of hydrogen-bond donors (Lipinski definition) is 0. The number of nitrogens with zero attached hydrogens (tertiary/aromatic N) is 3. The highest BCUT2D eigenvalue weighted by atomic mass is 32.1. The van der Waals surface area contributed by atoms with E-state index in [0.717, 1.165) is 46.3 Å². The van der Waals surface area contributed by atoms with Crippen LogP contribution in [-0.2, 0) is 0 Å². The number of anilines is 1. The summed E-state index contributed by atoms with van der Waals surface area (Å²) in [5.74, 6) is 2.72. The third-order valence-corrected chi connectivity index (χ3v) is 4.86. The summed E-state index contributed by atoms with van der Waals surface area (Å²) >= 11 is 1.68. The van der Waals surface area contributed by atoms with Crippen LogP contribution < -0.4 is 9.64 Å². The van der Waals surface area contributed by atoms with E-state index in [1.807, 2.05) is 19.1 Å². The Balaban J connectivity index is 2.21. The zero-order chi connectivity index (χ0) is 16.4. The quantitative estimate of drug-likeness (QED) is 0.690. The summed E-state index contributed by atoms with van der Waals surface area (Å²) in [6.07, 6.45) is 0. The molecule has 0 bridgehead atoms. The lowest BCUT2D eigenvalue weighted by atomic mass is 10.1. The van der Waals surface area contributed by atoms with Gasteiger partial charge in [0, 0.05) is 24.0 Å². The molecule has 3 rings (SSSR count). The van der Waals surface area contributed by atoms with E-state index in [1.165, 1.54) is 5.56 Å². The van der Waals surface area contributed by atoms with Gasteiger partial charge in [-0.05, 0) is 38.5 Å². The van der Waals surface area contributed by atoms with Gasteiger partial charge in [0.2, 0.25) is 0 Å². The maximum Gasteiger partial charge on any atom is 0.141 e. The predicted molar refractivity (Wildman–Crippen MR) is 97.7 cm³/mol. The third kappa shape index (κ3) is 2.88. The maximum atomic E-state index is 5.26. The lowest BCUT2D eigenvalue weighted by Gasteiger charge is -2.21. The smallest absolute Gasteiger partial charge is 0.141 e. The minimum atomic E-state index is 0.822. The van der Waals surface area contributed by atoms with Crippen molar-refractivity contribution in [1.82, 2.24) is 9.97 Å². The summed E-state index contributed by atoms with van der Waals surface area (Å²) in [5.41, 5.74) is 2.35. The number of methoxy groups -OCH3 is 1. The second kappa shape index (κ2) is 6.54. The molecule has 0 saturated heterocycles. The van der Waals surface area contributed by atoms with Gasteiger partial charge in [-0.2, -0.15) is 0 Å². The van der Waals surface area contributed by atoms with Crippen molar-refractivity contribution in [3.8, 4) is 16.9 Å². The fourth-order valence-electron chi connectivity index (χ4n) is 2.76. The van der Waals surface area contributed by atoms with E-state index in [1.54, 1.807) is 18.4 Å². The molecule has 0 aliphatic carbocycles. The summed E-state index contributed by atoms with van der Waals surface area (Å²) in [6, 6.07) is 8.16. The minimum absolute atomic E-state index is 0.822. The van der Waals surface area contributed by atoms with Crippen molar-refractivity contribution >= 4 is 27.4 Å². The fraction of sp³-hybridized carbons (Fsp3) is 0.333. The number of aromatic nitrogens is 2. The minimum Gasteiger partial charge on any atom is -0.497 e. The van der Waals surface area contributed by atoms with Gasteiger partial charge >= 0.3 is 0 Å². The monoisotopic (exact) mass is 327 g/mol. The van der Waals surface area contributed by atoms with Gasteiger partial charge in [-0.15, -0.1) is 11.3 Å². The van der Waals surface area contributed by atoms with E-state index in [-0.39, 0.29) is 0 Å². The molecule has 0 radical (unpaired) electrons. The second-order valence-electron chi connectivity index (χ2n) is 5.32. The molecule has 23 heavy (non-hydrogen) atoms. The van der Waals surface area contributed by atoms with Crippen molar-refractivity contribution in [2.45, 2.75) is 20.8 Å². The highest BCUT2D eigenvalue weighted by Gasteiger charge is 2.17. The molecule has 4 nitrogen and oxygen atoms in total. The Morgan fingerprint density at radius 1 is 1.09 bits per heavy atom. The Kier molecular flexibility index (Phi) is 4.48. The van der Waals surface area contributed by atoms with E-state index in [9.17, 15) is 0 Å². The number of ether oxygens (including phenoxy) is 1. The first kappa shape index (κ1) is 15.7. The Morgan fingerprint density at radius 3 is 2.39 bits per heavy atom. The van der Waals surface area contributed by atoms with Crippen LogP contribution in [0.3, 0.4) is 0 Å². The van der Waals surface area contributed by atoms with Gasteiger partial charge < -0.3 is 9.64 Å². The van der Waals surface area contributed by atoms with Gasteiger partial charge in [-0.25, -0.2) is 9.97 Å². The van der Waals surface area contributed by atoms with E-state index in [2.05, 4.69) is 41.2 Å². The average Bonchev–Trinajstić information content (AvgIpc) is 2.99. The molecule has 5 heteroatoms. The van der Waals surface area contributed by atoms with Crippen LogP contribution in [0.4, 0.5) is 5.82 Å². The van der Waals surface area contributed by atoms with Gasteiger partial charge in [-0.3, -0.25) is 0 Å². The number of fused-ring (bicyclic) bond motifs is 1. The molecule has 0 unspecified atom stereocenters. The maximum absolute atomic E-state index is 5.26. The number of thiophene rings is 1. The molecule has 0 spiro atoms. The third-order valence-electron chi connectivity index (χ3n) is 3.99. The first-order valence-corrected chi connectivity index (χ1v) is 8.71. The highest BCUT2D eigenvalue weighted by molar-refractivity contribution is 7.17. The SMILES string of the molecule is CCN(CC)c1nc(C)nc2scc(-c3ccc(OC)cc3)c12. The van der Waals surface area contributed by atoms with Crippen molar-refractivity contribution in [3.63, 3.8) is 0 Å². The molecule has 0 saturated carbocycles. The molecule has 2 heterocycles. The first-order chi connectivity index (χ1) is 11.2. The number of rotatable bonds is 5. The largest absolute Gasteiger partial charge is 0.497 e. The van der Waals surface area contributed by atoms with Crippen molar-refractivity contribution in [1.29, 1.82) is 0 Å². The number of benzene rings is 1. The summed E-state index contributed by atoms with van der Waals surface area (Å²) in [5, 5.41) is 3.32. The molecule has 0 N–H and O–H groups in total. The van der Waals surface area contributed by atoms with Crippen molar-refractivity contribution in [2.24, 2.45) is 0 Å². The number of hydrogen-bond acceptors (Lipinski definition) is 5. The Labute approximate surface area is 140 Å². The predicted octanol–water partition coefficient (Wildman–Crippen LogP) is 4.52. The lowest BCUT2D eigenvalue weighted by molar-refractivity contribution is 0.415. The first-order valence-electron chi connectivity index (χ1n) is 7.83. The van der Waals surface area contributed by atoms with Crippen LogP contribution in [0.25, 0.3) is 21.3 Å². The van der Waals surface area contributed by atoms with Crippen LogP contribution in [0.5, 0.6) is 5.75 Å². The zero-order valence-corrected chi connectivity index (χ0v) is 14.8. The molecule has 0 aliphatic heterocycles. The van der Waals surface area contributed by atoms with Crippen molar-refractivity contribution < 1.29 is 4.74 Å². The fourth-order valence-corrected chi connectivity index (χ4v) is 3.75. The van der Waals surface area contributed by atoms with E-state index < -0.39 is 0 Å². The van der Waals surface area contributed by atoms with Gasteiger partial charge in [-0.1, -0.05) is 12.1 Å². The Bertz CT molecular complexity index is 807. The van der Waals surface area contributed by atoms with Crippen LogP contribution in [0.15, 0.2) is 29.6 Å². The summed E-state index contributed by atoms with van der Waals surface area (Å²) in [7, 11) is 1.68. The van der Waals surface area contributed by atoms with Gasteiger partial charge in [0.25, 0.3) is 0 Å². The van der Waals surface area contributed by atoms with Gasteiger partial charge in [0.1, 0.15) is 22.2 Å². The molecule has 0 fully saturated rings. The molecule has 1 aromatic carbocycles. The van der Waals surface area contributed by atoms with Crippen molar-refractivity contribution in [2.75, 3.05) is 25.1 Å². The van der Waals surface area contributed by atoms with Crippen LogP contribution in [-0.4, -0.2) is 30.2 Å². The van der Waals surface area contributed by atoms with Crippen LogP contribution >= 0.6 is 11.3 Å². The molecular weight excluding hydrogens is 306 g/mol. The topological polar surface area (TPSA) is 38.2 Å². The molecule has 0 amide bonds. The zero-order valence-electron chi connectivity index (χ0n) is 14.0. The van der Waals surface area contributed by atoms with Crippen molar-refractivity contribution in [3.05, 3.63) is 35.5 Å². The average molecular weight is 327 g/mol. The second-order valence-corrected chi connectivity index (χ2v) is 6.18. The van der Waals surface area contributed by atoms with Crippen LogP contribution in [0, 0.1) is 6.92 Å². The Morgan fingerprint density at radius 2 is 1.78 bits per heavy atom.